The molecule has 1 rings (SSSR count). The third-order valence-electron chi connectivity index (χ3n) is 2.39. The second-order valence-corrected chi connectivity index (χ2v) is 5.20. The highest BCUT2D eigenvalue weighted by atomic mass is 79.9. The highest BCUT2D eigenvalue weighted by Crippen LogP contribution is 2.19. The Morgan fingerprint density at radius 2 is 1.94 bits per heavy atom. The molecule has 0 saturated carbocycles. The molecule has 1 aromatic heterocycles. The van der Waals surface area contributed by atoms with Crippen LogP contribution in [0.5, 0.6) is 0 Å². The molecule has 2 N–H and O–H groups in total. The van der Waals surface area contributed by atoms with Crippen LogP contribution in [0.3, 0.4) is 0 Å². The number of carbonyl (C=O) groups excluding carboxylic acids is 2. The molecule has 2 amide bonds. The van der Waals surface area contributed by atoms with Crippen LogP contribution < -0.4 is 10.6 Å². The summed E-state index contributed by atoms with van der Waals surface area (Å²) in [6, 6.07) is 2.00. The van der Waals surface area contributed by atoms with Crippen LogP contribution in [0.25, 0.3) is 0 Å². The normalized spacial score (nSPS) is 10.5. The Bertz CT molecular complexity index is 441. The molecule has 0 aliphatic carbocycles. The van der Waals surface area contributed by atoms with Gasteiger partial charge in [0.2, 0.25) is 5.91 Å². The van der Waals surface area contributed by atoms with E-state index in [0.717, 1.165) is 4.47 Å². The van der Waals surface area contributed by atoms with E-state index in [1.165, 1.54) is 6.92 Å². The van der Waals surface area contributed by atoms with Crippen molar-refractivity contribution in [1.82, 2.24) is 15.2 Å². The molecule has 6 heteroatoms. The molecule has 0 unspecified atom stereocenters. The van der Waals surface area contributed by atoms with Crippen molar-refractivity contribution in [1.29, 1.82) is 0 Å². The van der Waals surface area contributed by atoms with E-state index >= 15 is 0 Å². The fourth-order valence-corrected chi connectivity index (χ4v) is 2.00. The van der Waals surface area contributed by atoms with Crippen molar-refractivity contribution in [2.24, 2.45) is 0 Å². The first kappa shape index (κ1) is 14.8. The molecule has 100 valence electrons. The Morgan fingerprint density at radius 1 is 1.33 bits per heavy atom. The highest BCUT2D eigenvalue weighted by Gasteiger charge is 2.14. The van der Waals surface area contributed by atoms with Crippen molar-refractivity contribution in [3.63, 3.8) is 0 Å². The summed E-state index contributed by atoms with van der Waals surface area (Å²) >= 11 is 3.36. The fourth-order valence-electron chi connectivity index (χ4n) is 1.56. The number of nitrogens with zero attached hydrogens (tertiary/aromatic N) is 1. The number of carbonyl (C=O) groups is 2. The van der Waals surface area contributed by atoms with Crippen molar-refractivity contribution in [2.45, 2.75) is 26.8 Å². The molecule has 5 nitrogen and oxygen atoms in total. The van der Waals surface area contributed by atoms with Crippen molar-refractivity contribution >= 4 is 27.7 Å². The van der Waals surface area contributed by atoms with Gasteiger partial charge in [0.15, 0.2) is 0 Å². The maximum Gasteiger partial charge on any atom is 0.268 e. The van der Waals surface area contributed by atoms with Crippen LogP contribution in [0, 0.1) is 0 Å². The Labute approximate surface area is 115 Å². The molecule has 0 bridgehead atoms. The van der Waals surface area contributed by atoms with Crippen molar-refractivity contribution in [3.8, 4) is 0 Å². The summed E-state index contributed by atoms with van der Waals surface area (Å²) in [6.45, 7) is 6.33. The lowest BCUT2D eigenvalue weighted by Gasteiger charge is -2.12. The smallest absolute Gasteiger partial charge is 0.268 e. The van der Waals surface area contributed by atoms with Crippen LogP contribution >= 0.6 is 15.9 Å². The zero-order chi connectivity index (χ0) is 13.7. The zero-order valence-corrected chi connectivity index (χ0v) is 12.4. The molecule has 1 aromatic rings. The van der Waals surface area contributed by atoms with Crippen LogP contribution in [0.15, 0.2) is 16.7 Å². The molecule has 0 saturated heterocycles. The average Bonchev–Trinajstić information content (AvgIpc) is 2.66. The number of aromatic nitrogens is 1. The summed E-state index contributed by atoms with van der Waals surface area (Å²) in [5, 5.41) is 5.39. The highest BCUT2D eigenvalue weighted by molar-refractivity contribution is 9.10. The van der Waals surface area contributed by atoms with Crippen LogP contribution in [0.4, 0.5) is 0 Å². The van der Waals surface area contributed by atoms with Gasteiger partial charge >= 0.3 is 0 Å². The Morgan fingerprint density at radius 3 is 2.50 bits per heavy atom. The van der Waals surface area contributed by atoms with Crippen LogP contribution in [0.1, 0.15) is 37.3 Å². The first-order valence-corrected chi connectivity index (χ1v) is 6.61. The molecule has 0 aliphatic rings. The SMILES string of the molecule is CC(=O)NCCNC(=O)c1cc(Br)cn1C(C)C. The van der Waals surface area contributed by atoms with Gasteiger partial charge in [-0.1, -0.05) is 0 Å². The Balaban J connectivity index is 2.58. The van der Waals surface area contributed by atoms with Gasteiger partial charge in [0, 0.05) is 36.7 Å². The molecule has 0 fully saturated rings. The van der Waals surface area contributed by atoms with Crippen molar-refractivity contribution < 1.29 is 9.59 Å². The Hall–Kier alpha value is -1.30. The van der Waals surface area contributed by atoms with E-state index in [-0.39, 0.29) is 17.9 Å². The topological polar surface area (TPSA) is 63.1 Å². The quantitative estimate of drug-likeness (QED) is 0.812. The number of halogens is 1. The van der Waals surface area contributed by atoms with E-state index in [1.807, 2.05) is 24.6 Å². The van der Waals surface area contributed by atoms with E-state index < -0.39 is 0 Å². The van der Waals surface area contributed by atoms with Crippen LogP contribution in [-0.4, -0.2) is 29.5 Å². The summed E-state index contributed by atoms with van der Waals surface area (Å²) in [6.07, 6.45) is 1.88. The molecule has 1 heterocycles. The Kier molecular flexibility index (Phi) is 5.40. The first-order valence-electron chi connectivity index (χ1n) is 5.82. The monoisotopic (exact) mass is 315 g/mol. The predicted octanol–water partition coefficient (Wildman–Crippen LogP) is 1.70. The van der Waals surface area contributed by atoms with E-state index in [4.69, 9.17) is 0 Å². The van der Waals surface area contributed by atoms with Gasteiger partial charge in [0.05, 0.1) is 0 Å². The second kappa shape index (κ2) is 6.58. The van der Waals surface area contributed by atoms with Gasteiger partial charge in [0.1, 0.15) is 5.69 Å². The fraction of sp³-hybridized carbons (Fsp3) is 0.500. The molecular formula is C12H18BrN3O2. The van der Waals surface area contributed by atoms with Gasteiger partial charge in [-0.15, -0.1) is 0 Å². The first-order chi connectivity index (χ1) is 8.41. The minimum absolute atomic E-state index is 0.0995. The number of hydrogen-bond donors (Lipinski definition) is 2. The van der Waals surface area contributed by atoms with Crippen LogP contribution in [0.2, 0.25) is 0 Å². The molecule has 0 radical (unpaired) electrons. The van der Waals surface area contributed by atoms with E-state index in [0.29, 0.717) is 18.8 Å². The number of rotatable bonds is 5. The molecule has 0 aliphatic heterocycles. The molecule has 18 heavy (non-hydrogen) atoms. The van der Waals surface area contributed by atoms with Gasteiger partial charge in [-0.25, -0.2) is 0 Å². The van der Waals surface area contributed by atoms with E-state index in [2.05, 4.69) is 26.6 Å². The van der Waals surface area contributed by atoms with E-state index in [9.17, 15) is 9.59 Å². The number of nitrogens with one attached hydrogen (secondary N) is 2. The number of amides is 2. The minimum Gasteiger partial charge on any atom is -0.355 e. The van der Waals surface area contributed by atoms with Gasteiger partial charge in [-0.05, 0) is 35.8 Å². The molecular weight excluding hydrogens is 298 g/mol. The number of hydrogen-bond acceptors (Lipinski definition) is 2. The molecule has 0 atom stereocenters. The largest absolute Gasteiger partial charge is 0.355 e. The minimum atomic E-state index is -0.139. The third-order valence-corrected chi connectivity index (χ3v) is 2.82. The van der Waals surface area contributed by atoms with Crippen molar-refractivity contribution in [2.75, 3.05) is 13.1 Å². The van der Waals surface area contributed by atoms with Gasteiger partial charge < -0.3 is 15.2 Å². The third kappa shape index (κ3) is 4.18. The summed E-state index contributed by atoms with van der Waals surface area (Å²) < 4.78 is 2.78. The second-order valence-electron chi connectivity index (χ2n) is 4.28. The summed E-state index contributed by atoms with van der Waals surface area (Å²) in [4.78, 5) is 22.6. The van der Waals surface area contributed by atoms with Gasteiger partial charge in [-0.3, -0.25) is 9.59 Å². The summed E-state index contributed by atoms with van der Waals surface area (Å²) in [5.41, 5.74) is 0.611. The lowest BCUT2D eigenvalue weighted by Crippen LogP contribution is -2.34. The average molecular weight is 316 g/mol. The predicted molar refractivity (Wildman–Crippen MR) is 73.5 cm³/mol. The lowest BCUT2D eigenvalue weighted by molar-refractivity contribution is -0.118. The van der Waals surface area contributed by atoms with Gasteiger partial charge in [-0.2, -0.15) is 0 Å². The van der Waals surface area contributed by atoms with Crippen LogP contribution in [-0.2, 0) is 4.79 Å². The summed E-state index contributed by atoms with van der Waals surface area (Å²) in [7, 11) is 0. The maximum atomic E-state index is 12.0. The lowest BCUT2D eigenvalue weighted by atomic mass is 10.3. The maximum absolute atomic E-state index is 12.0. The molecule has 0 aromatic carbocycles. The molecule has 0 spiro atoms. The van der Waals surface area contributed by atoms with Gasteiger partial charge in [0.25, 0.3) is 5.91 Å². The zero-order valence-electron chi connectivity index (χ0n) is 10.8. The van der Waals surface area contributed by atoms with Crippen molar-refractivity contribution in [3.05, 3.63) is 22.4 Å². The van der Waals surface area contributed by atoms with E-state index in [1.54, 1.807) is 6.07 Å². The summed E-state index contributed by atoms with van der Waals surface area (Å²) in [5.74, 6) is -0.239. The standard InChI is InChI=1S/C12H18BrN3O2/c1-8(2)16-7-10(13)6-11(16)12(18)15-5-4-14-9(3)17/h6-8H,4-5H2,1-3H3,(H,14,17)(H,15,18).